The van der Waals surface area contributed by atoms with Gasteiger partial charge >= 0.3 is 0 Å². The minimum absolute atomic E-state index is 0.306. The van der Waals surface area contributed by atoms with E-state index in [1.807, 2.05) is 12.1 Å². The molecule has 32 heavy (non-hydrogen) atoms. The number of ether oxygens (including phenoxy) is 1. The van der Waals surface area contributed by atoms with Crippen molar-refractivity contribution in [3.63, 3.8) is 0 Å². The zero-order chi connectivity index (χ0) is 22.5. The first-order valence-corrected chi connectivity index (χ1v) is 11.5. The van der Waals surface area contributed by atoms with Gasteiger partial charge in [-0.05, 0) is 65.1 Å². The highest BCUT2D eigenvalue weighted by Crippen LogP contribution is 2.31. The third kappa shape index (κ3) is 5.23. The van der Waals surface area contributed by atoms with Crippen LogP contribution >= 0.6 is 0 Å². The van der Waals surface area contributed by atoms with Gasteiger partial charge in [-0.15, -0.1) is 0 Å². The number of nitrogens with two attached hydrogens (primary N) is 1. The van der Waals surface area contributed by atoms with Crippen molar-refractivity contribution in [3.8, 4) is 17.6 Å². The number of methoxy groups -OCH3 is 1. The van der Waals surface area contributed by atoms with E-state index in [4.69, 9.17) is 20.4 Å². The maximum absolute atomic E-state index is 5.64. The minimum Gasteiger partial charge on any atom is -0.495 e. The summed E-state index contributed by atoms with van der Waals surface area (Å²) in [5.41, 5.74) is 7.28. The topological polar surface area (TPSA) is 82.8 Å². The number of nitrogens with one attached hydrogen (secondary N) is 1. The summed E-state index contributed by atoms with van der Waals surface area (Å²) in [5, 5.41) is 4.70. The van der Waals surface area contributed by atoms with Gasteiger partial charge in [-0.3, -0.25) is 0 Å². The Balaban J connectivity index is 1.76. The van der Waals surface area contributed by atoms with E-state index in [2.05, 4.69) is 46.0 Å². The molecule has 2 aliphatic rings. The molecule has 0 radical (unpaired) electrons. The molecule has 3 heterocycles. The summed E-state index contributed by atoms with van der Waals surface area (Å²) >= 11 is 0. The van der Waals surface area contributed by atoms with Crippen molar-refractivity contribution in [2.45, 2.75) is 25.3 Å². The molecule has 0 unspecified atom stereocenters. The van der Waals surface area contributed by atoms with Crippen LogP contribution < -0.4 is 20.7 Å². The van der Waals surface area contributed by atoms with Crippen LogP contribution in [0.1, 0.15) is 24.8 Å². The smallest absolute Gasteiger partial charge is 0.227 e. The van der Waals surface area contributed by atoms with E-state index in [0.29, 0.717) is 12.6 Å². The first-order chi connectivity index (χ1) is 15.6. The maximum atomic E-state index is 5.64. The molecule has 0 atom stereocenters. The number of hydrogen-bond acceptors (Lipinski definition) is 8. The molecule has 172 valence electrons. The van der Waals surface area contributed by atoms with Gasteiger partial charge in [0.15, 0.2) is 0 Å². The highest BCUT2D eigenvalue weighted by molar-refractivity contribution is 5.92. The third-order valence-electron chi connectivity index (χ3n) is 6.39. The molecule has 4 rings (SSSR count). The SMILES string of the molecule is COc1cc2c(NC3CCN(C)CC3)nc(N3CCCN(C)CC3)nc2cc1C#CCN. The molecule has 3 N–H and O–H groups in total. The highest BCUT2D eigenvalue weighted by Gasteiger charge is 2.22. The second-order valence-corrected chi connectivity index (χ2v) is 8.81. The number of nitrogens with zero attached hydrogens (tertiary/aromatic N) is 5. The van der Waals surface area contributed by atoms with Crippen molar-refractivity contribution in [2.24, 2.45) is 5.73 Å². The van der Waals surface area contributed by atoms with Gasteiger partial charge in [0.2, 0.25) is 5.95 Å². The minimum atomic E-state index is 0.306. The monoisotopic (exact) mass is 437 g/mol. The highest BCUT2D eigenvalue weighted by atomic mass is 16.5. The van der Waals surface area contributed by atoms with E-state index in [-0.39, 0.29) is 0 Å². The summed E-state index contributed by atoms with van der Waals surface area (Å²) in [6, 6.07) is 4.41. The van der Waals surface area contributed by atoms with Gasteiger partial charge in [0.1, 0.15) is 11.6 Å². The molecule has 1 aromatic heterocycles. The Bertz CT molecular complexity index is 991. The second kappa shape index (κ2) is 10.3. The fraction of sp³-hybridized carbons (Fsp3) is 0.583. The number of likely N-dealkylation sites (N-methyl/N-ethyl adjacent to an activating group) is 1. The summed E-state index contributed by atoms with van der Waals surface area (Å²) in [6.07, 6.45) is 3.30. The predicted octanol–water partition coefficient (Wildman–Crippen LogP) is 1.60. The average Bonchev–Trinajstić information content (AvgIpc) is 3.02. The molecular weight excluding hydrogens is 402 g/mol. The van der Waals surface area contributed by atoms with E-state index in [9.17, 15) is 0 Å². The largest absolute Gasteiger partial charge is 0.495 e. The van der Waals surface area contributed by atoms with Gasteiger partial charge in [0.25, 0.3) is 0 Å². The van der Waals surface area contributed by atoms with Gasteiger partial charge in [-0.2, -0.15) is 4.98 Å². The van der Waals surface area contributed by atoms with Crippen LogP contribution in [0.4, 0.5) is 11.8 Å². The Morgan fingerprint density at radius 2 is 1.84 bits per heavy atom. The van der Waals surface area contributed by atoms with E-state index < -0.39 is 0 Å². The molecular formula is C24H35N7O. The van der Waals surface area contributed by atoms with Crippen LogP contribution in [0, 0.1) is 11.8 Å². The Hall–Kier alpha value is -2.60. The van der Waals surface area contributed by atoms with Crippen molar-refractivity contribution in [1.82, 2.24) is 19.8 Å². The molecule has 2 saturated heterocycles. The summed E-state index contributed by atoms with van der Waals surface area (Å²) < 4.78 is 5.64. The van der Waals surface area contributed by atoms with E-state index in [1.54, 1.807) is 7.11 Å². The molecule has 0 aliphatic carbocycles. The van der Waals surface area contributed by atoms with E-state index in [0.717, 1.165) is 92.5 Å². The fourth-order valence-corrected chi connectivity index (χ4v) is 4.40. The molecule has 0 bridgehead atoms. The van der Waals surface area contributed by atoms with Gasteiger partial charge in [0.05, 0.1) is 24.7 Å². The second-order valence-electron chi connectivity index (χ2n) is 8.81. The van der Waals surface area contributed by atoms with Crippen molar-refractivity contribution in [1.29, 1.82) is 0 Å². The zero-order valence-corrected chi connectivity index (χ0v) is 19.5. The first-order valence-electron chi connectivity index (χ1n) is 11.5. The Labute approximate surface area is 191 Å². The lowest BCUT2D eigenvalue weighted by Gasteiger charge is -2.30. The van der Waals surface area contributed by atoms with Crippen LogP contribution in [-0.2, 0) is 0 Å². The molecule has 0 amide bonds. The van der Waals surface area contributed by atoms with Crippen LogP contribution in [0.3, 0.4) is 0 Å². The molecule has 0 saturated carbocycles. The summed E-state index contributed by atoms with van der Waals surface area (Å²) in [6.45, 7) is 6.48. The van der Waals surface area contributed by atoms with Crippen LogP contribution in [0.5, 0.6) is 5.75 Å². The molecule has 1 aromatic carbocycles. The lowest BCUT2D eigenvalue weighted by Crippen LogP contribution is -2.37. The number of anilines is 2. The Morgan fingerprint density at radius 3 is 2.59 bits per heavy atom. The summed E-state index contributed by atoms with van der Waals surface area (Å²) in [5.74, 6) is 8.45. The van der Waals surface area contributed by atoms with E-state index >= 15 is 0 Å². The zero-order valence-electron chi connectivity index (χ0n) is 19.5. The average molecular weight is 438 g/mol. The van der Waals surface area contributed by atoms with Gasteiger partial charge in [-0.1, -0.05) is 11.8 Å². The van der Waals surface area contributed by atoms with Crippen molar-refractivity contribution in [2.75, 3.05) is 77.2 Å². The predicted molar refractivity (Wildman–Crippen MR) is 130 cm³/mol. The van der Waals surface area contributed by atoms with Crippen LogP contribution in [-0.4, -0.2) is 92.8 Å². The molecule has 2 aliphatic heterocycles. The van der Waals surface area contributed by atoms with Gasteiger partial charge < -0.3 is 30.5 Å². The molecule has 2 aromatic rings. The molecule has 2 fully saturated rings. The number of aromatic nitrogens is 2. The quantitative estimate of drug-likeness (QED) is 0.698. The Kier molecular flexibility index (Phi) is 7.30. The molecule has 0 spiro atoms. The van der Waals surface area contributed by atoms with Gasteiger partial charge in [-0.25, -0.2) is 4.98 Å². The van der Waals surface area contributed by atoms with Crippen LogP contribution in [0.25, 0.3) is 10.9 Å². The number of hydrogen-bond donors (Lipinski definition) is 2. The first kappa shape index (κ1) is 22.6. The van der Waals surface area contributed by atoms with E-state index in [1.165, 1.54) is 0 Å². The summed E-state index contributed by atoms with van der Waals surface area (Å²) in [4.78, 5) is 17.0. The number of rotatable bonds is 4. The van der Waals surface area contributed by atoms with Crippen LogP contribution in [0.15, 0.2) is 12.1 Å². The Morgan fingerprint density at radius 1 is 1.06 bits per heavy atom. The van der Waals surface area contributed by atoms with Crippen molar-refractivity contribution >= 4 is 22.7 Å². The number of fused-ring (bicyclic) bond motifs is 1. The van der Waals surface area contributed by atoms with Crippen molar-refractivity contribution < 1.29 is 4.74 Å². The molecule has 8 nitrogen and oxygen atoms in total. The standard InChI is InChI=1S/C24H35N7O/c1-29-10-5-11-31(15-14-29)24-27-21-16-18(6-4-9-25)22(32-3)17-20(21)23(28-24)26-19-7-12-30(2)13-8-19/h16-17,19H,5,7-15,25H2,1-3H3,(H,26,27,28). The lowest BCUT2D eigenvalue weighted by molar-refractivity contribution is 0.264. The van der Waals surface area contributed by atoms with Gasteiger partial charge in [0, 0.05) is 31.1 Å². The fourth-order valence-electron chi connectivity index (χ4n) is 4.40. The lowest BCUT2D eigenvalue weighted by atomic mass is 10.0. The number of benzene rings is 1. The normalized spacial score (nSPS) is 18.8. The summed E-state index contributed by atoms with van der Waals surface area (Å²) in [7, 11) is 6.02. The number of likely N-dealkylation sites (tertiary alicyclic amines) is 1. The van der Waals surface area contributed by atoms with Crippen molar-refractivity contribution in [3.05, 3.63) is 17.7 Å². The van der Waals surface area contributed by atoms with Crippen LogP contribution in [0.2, 0.25) is 0 Å². The maximum Gasteiger partial charge on any atom is 0.227 e. The number of piperidine rings is 1. The third-order valence-corrected chi connectivity index (χ3v) is 6.39. The molecule has 8 heteroatoms.